The van der Waals surface area contributed by atoms with Crippen LogP contribution in [0.4, 0.5) is 4.79 Å². The minimum Gasteiger partial charge on any atom is -0.452 e. The summed E-state index contributed by atoms with van der Waals surface area (Å²) in [6.45, 7) is 5.50. The van der Waals surface area contributed by atoms with Gasteiger partial charge in [0.1, 0.15) is 5.60 Å². The second-order valence-electron chi connectivity index (χ2n) is 7.64. The molecule has 0 bridgehead atoms. The van der Waals surface area contributed by atoms with Crippen molar-refractivity contribution in [2.75, 3.05) is 0 Å². The van der Waals surface area contributed by atoms with Gasteiger partial charge in [-0.15, -0.1) is 10.2 Å². The van der Waals surface area contributed by atoms with Crippen LogP contribution in [0.5, 0.6) is 0 Å². The highest BCUT2D eigenvalue weighted by Crippen LogP contribution is 2.20. The summed E-state index contributed by atoms with van der Waals surface area (Å²) < 4.78 is 15.9. The normalized spacial score (nSPS) is 11.1. The molecule has 1 heterocycles. The van der Waals surface area contributed by atoms with Gasteiger partial charge in [0.05, 0.1) is 5.56 Å². The number of nitrogens with one attached hydrogen (secondary N) is 1. The van der Waals surface area contributed by atoms with Gasteiger partial charge >= 0.3 is 12.1 Å². The number of ether oxygens (including phenoxy) is 2. The van der Waals surface area contributed by atoms with Gasteiger partial charge in [0.15, 0.2) is 6.61 Å². The number of benzene rings is 2. The van der Waals surface area contributed by atoms with Gasteiger partial charge in [-0.1, -0.05) is 23.7 Å². The minimum atomic E-state index is -0.564. The van der Waals surface area contributed by atoms with E-state index in [1.165, 1.54) is 0 Å². The van der Waals surface area contributed by atoms with E-state index in [0.29, 0.717) is 22.0 Å². The third kappa shape index (κ3) is 6.82. The van der Waals surface area contributed by atoms with Crippen molar-refractivity contribution in [3.05, 3.63) is 70.6 Å². The molecule has 0 radical (unpaired) electrons. The van der Waals surface area contributed by atoms with Crippen LogP contribution in [0.3, 0.4) is 0 Å². The zero-order valence-corrected chi connectivity index (χ0v) is 18.1. The molecule has 8 nitrogen and oxygen atoms in total. The lowest BCUT2D eigenvalue weighted by Crippen LogP contribution is -2.32. The maximum Gasteiger partial charge on any atom is 0.407 e. The lowest BCUT2D eigenvalue weighted by molar-refractivity contribution is 0.0437. The van der Waals surface area contributed by atoms with Crippen molar-refractivity contribution in [2.45, 2.75) is 39.5 Å². The maximum absolute atomic E-state index is 12.2. The highest BCUT2D eigenvalue weighted by molar-refractivity contribution is 6.30. The molecule has 0 saturated carbocycles. The van der Waals surface area contributed by atoms with Gasteiger partial charge in [-0.25, -0.2) is 9.59 Å². The smallest absolute Gasteiger partial charge is 0.407 e. The van der Waals surface area contributed by atoms with Gasteiger partial charge in [-0.3, -0.25) is 0 Å². The number of halogens is 1. The fraction of sp³-hybridized carbons (Fsp3) is 0.273. The van der Waals surface area contributed by atoms with E-state index in [1.54, 1.807) is 69.3 Å². The molecular formula is C22H22ClN3O5. The van der Waals surface area contributed by atoms with Crippen LogP contribution in [-0.2, 0) is 22.6 Å². The molecule has 1 aromatic heterocycles. The van der Waals surface area contributed by atoms with E-state index >= 15 is 0 Å². The summed E-state index contributed by atoms with van der Waals surface area (Å²) in [5.74, 6) is -0.0427. The maximum atomic E-state index is 12.2. The van der Waals surface area contributed by atoms with Gasteiger partial charge in [-0.05, 0) is 62.7 Å². The molecule has 2 aromatic carbocycles. The highest BCUT2D eigenvalue weighted by atomic mass is 35.5. The van der Waals surface area contributed by atoms with Crippen LogP contribution < -0.4 is 5.32 Å². The molecule has 9 heteroatoms. The number of alkyl carbamates (subject to hydrolysis) is 1. The molecule has 1 amide bonds. The van der Waals surface area contributed by atoms with Crippen LogP contribution in [0, 0.1) is 0 Å². The van der Waals surface area contributed by atoms with Crippen LogP contribution in [0.15, 0.2) is 52.9 Å². The third-order valence-corrected chi connectivity index (χ3v) is 4.16. The van der Waals surface area contributed by atoms with Gasteiger partial charge in [0.2, 0.25) is 5.89 Å². The van der Waals surface area contributed by atoms with Crippen molar-refractivity contribution in [3.8, 4) is 11.5 Å². The van der Waals surface area contributed by atoms with Crippen molar-refractivity contribution in [2.24, 2.45) is 0 Å². The second kappa shape index (κ2) is 9.61. The summed E-state index contributed by atoms with van der Waals surface area (Å²) in [7, 11) is 0. The molecule has 0 aliphatic rings. The van der Waals surface area contributed by atoms with Crippen LogP contribution in [0.1, 0.15) is 42.6 Å². The fourth-order valence-corrected chi connectivity index (χ4v) is 2.60. The van der Waals surface area contributed by atoms with Gasteiger partial charge in [-0.2, -0.15) is 0 Å². The first kappa shape index (κ1) is 22.3. The lowest BCUT2D eigenvalue weighted by Gasteiger charge is -2.19. The van der Waals surface area contributed by atoms with E-state index in [-0.39, 0.29) is 19.0 Å². The molecule has 0 aliphatic carbocycles. The molecule has 0 unspecified atom stereocenters. The number of carbonyl (C=O) groups excluding carboxylic acids is 2. The molecule has 3 rings (SSSR count). The average Bonchev–Trinajstić information content (AvgIpc) is 3.19. The van der Waals surface area contributed by atoms with Gasteiger partial charge in [0, 0.05) is 17.1 Å². The minimum absolute atomic E-state index is 0.151. The van der Waals surface area contributed by atoms with Crippen molar-refractivity contribution < 1.29 is 23.5 Å². The summed E-state index contributed by atoms with van der Waals surface area (Å²) >= 11 is 5.86. The Morgan fingerprint density at radius 3 is 2.35 bits per heavy atom. The Morgan fingerprint density at radius 1 is 1.03 bits per heavy atom. The lowest BCUT2D eigenvalue weighted by atomic mass is 10.1. The molecule has 0 saturated heterocycles. The van der Waals surface area contributed by atoms with E-state index in [0.717, 1.165) is 5.56 Å². The number of nitrogens with zero attached hydrogens (tertiary/aromatic N) is 2. The quantitative estimate of drug-likeness (QED) is 0.547. The number of rotatable bonds is 6. The first-order valence-electron chi connectivity index (χ1n) is 9.51. The number of hydrogen-bond donors (Lipinski definition) is 1. The zero-order valence-electron chi connectivity index (χ0n) is 17.3. The molecule has 31 heavy (non-hydrogen) atoms. The zero-order chi connectivity index (χ0) is 22.4. The average molecular weight is 444 g/mol. The first-order valence-corrected chi connectivity index (χ1v) is 9.89. The first-order chi connectivity index (χ1) is 14.7. The van der Waals surface area contributed by atoms with E-state index < -0.39 is 17.7 Å². The van der Waals surface area contributed by atoms with Crippen LogP contribution >= 0.6 is 11.6 Å². The van der Waals surface area contributed by atoms with Crippen molar-refractivity contribution in [1.82, 2.24) is 15.5 Å². The number of aromatic nitrogens is 2. The molecule has 162 valence electrons. The SMILES string of the molecule is CC(C)(C)OC(=O)NCc1ccc(C(=O)OCc2nnc(-c3ccc(Cl)cc3)o2)cc1. The molecule has 0 aliphatic heterocycles. The largest absolute Gasteiger partial charge is 0.452 e. The van der Waals surface area contributed by atoms with Crippen molar-refractivity contribution in [3.63, 3.8) is 0 Å². The van der Waals surface area contributed by atoms with Crippen molar-refractivity contribution in [1.29, 1.82) is 0 Å². The van der Waals surface area contributed by atoms with E-state index in [1.807, 2.05) is 0 Å². The van der Waals surface area contributed by atoms with Crippen LogP contribution in [-0.4, -0.2) is 27.9 Å². The standard InChI is InChI=1S/C22H22ClN3O5/c1-22(2,3)31-21(28)24-12-14-4-6-16(7-5-14)20(27)29-13-18-25-26-19(30-18)15-8-10-17(23)11-9-15/h4-11H,12-13H2,1-3H3,(H,24,28). The molecule has 0 spiro atoms. The molecule has 0 fully saturated rings. The summed E-state index contributed by atoms with van der Waals surface area (Å²) in [5, 5.41) is 11.1. The Balaban J connectivity index is 1.50. The summed E-state index contributed by atoms with van der Waals surface area (Å²) in [6.07, 6.45) is -0.506. The van der Waals surface area contributed by atoms with Crippen LogP contribution in [0.2, 0.25) is 5.02 Å². The Labute approximate surface area is 184 Å². The number of amides is 1. The number of hydrogen-bond acceptors (Lipinski definition) is 7. The van der Waals surface area contributed by atoms with Gasteiger partial charge < -0.3 is 19.2 Å². The summed E-state index contributed by atoms with van der Waals surface area (Å²) in [5.41, 5.74) is 1.32. The van der Waals surface area contributed by atoms with Crippen molar-refractivity contribution >= 4 is 23.7 Å². The Morgan fingerprint density at radius 2 is 1.71 bits per heavy atom. The monoisotopic (exact) mass is 443 g/mol. The predicted octanol–water partition coefficient (Wildman–Crippen LogP) is 4.77. The Hall–Kier alpha value is -3.39. The second-order valence-corrected chi connectivity index (χ2v) is 8.07. The molecule has 3 aromatic rings. The van der Waals surface area contributed by atoms with E-state index in [2.05, 4.69) is 15.5 Å². The van der Waals surface area contributed by atoms with Gasteiger partial charge in [0.25, 0.3) is 5.89 Å². The Bertz CT molecular complexity index is 1040. The van der Waals surface area contributed by atoms with Crippen LogP contribution in [0.25, 0.3) is 11.5 Å². The topological polar surface area (TPSA) is 104 Å². The van der Waals surface area contributed by atoms with E-state index in [9.17, 15) is 9.59 Å². The predicted molar refractivity (Wildman–Crippen MR) is 113 cm³/mol. The third-order valence-electron chi connectivity index (χ3n) is 3.91. The van der Waals surface area contributed by atoms with E-state index in [4.69, 9.17) is 25.5 Å². The molecule has 1 N–H and O–H groups in total. The number of esters is 1. The fourth-order valence-electron chi connectivity index (χ4n) is 2.48. The summed E-state index contributed by atoms with van der Waals surface area (Å²) in [6, 6.07) is 13.6. The Kier molecular flexibility index (Phi) is 6.91. The summed E-state index contributed by atoms with van der Waals surface area (Å²) in [4.78, 5) is 24.0. The molecule has 0 atom stereocenters. The number of carbonyl (C=O) groups is 2. The molecular weight excluding hydrogens is 422 g/mol. The highest BCUT2D eigenvalue weighted by Gasteiger charge is 2.16.